The number of benzene rings is 1. The lowest BCUT2D eigenvalue weighted by Gasteiger charge is -2.34. The maximum absolute atomic E-state index is 12.4. The molecule has 104 valence electrons. The average molecular weight is 283 g/mol. The first-order valence-corrected chi connectivity index (χ1v) is 6.82. The lowest BCUT2D eigenvalue weighted by molar-refractivity contribution is -0.133. The monoisotopic (exact) mass is 282 g/mol. The van der Waals surface area contributed by atoms with Gasteiger partial charge in [0.1, 0.15) is 5.75 Å². The molecule has 1 N–H and O–H groups in total. The van der Waals surface area contributed by atoms with Gasteiger partial charge in [-0.3, -0.25) is 4.79 Å². The van der Waals surface area contributed by atoms with Crippen LogP contribution < -0.4 is 10.1 Å². The highest BCUT2D eigenvalue weighted by Gasteiger charge is 2.23. The number of hydrogen-bond acceptors (Lipinski definition) is 3. The maximum atomic E-state index is 12.4. The molecule has 1 amide bonds. The lowest BCUT2D eigenvalue weighted by Crippen LogP contribution is -2.52. The van der Waals surface area contributed by atoms with E-state index in [0.717, 1.165) is 25.2 Å². The number of ether oxygens (including phenoxy) is 1. The van der Waals surface area contributed by atoms with Crippen LogP contribution in [0, 0.1) is 0 Å². The minimum absolute atomic E-state index is 0.120. The van der Waals surface area contributed by atoms with E-state index in [1.165, 1.54) is 0 Å². The van der Waals surface area contributed by atoms with Gasteiger partial charge in [-0.2, -0.15) is 0 Å². The smallest absolute Gasteiger partial charge is 0.227 e. The van der Waals surface area contributed by atoms with Crippen LogP contribution in [0.5, 0.6) is 5.75 Å². The fourth-order valence-electron chi connectivity index (χ4n) is 2.36. The molecule has 5 heteroatoms. The highest BCUT2D eigenvalue weighted by atomic mass is 35.5. The molecule has 0 bridgehead atoms. The molecule has 0 aliphatic carbocycles. The van der Waals surface area contributed by atoms with Crippen molar-refractivity contribution in [3.63, 3.8) is 0 Å². The van der Waals surface area contributed by atoms with Crippen LogP contribution in [0.25, 0.3) is 0 Å². The summed E-state index contributed by atoms with van der Waals surface area (Å²) in [5.74, 6) is 0.829. The molecule has 1 aliphatic heterocycles. The molecule has 2 rings (SSSR count). The fraction of sp³-hybridized carbons (Fsp3) is 0.500. The van der Waals surface area contributed by atoms with E-state index >= 15 is 0 Å². The van der Waals surface area contributed by atoms with Gasteiger partial charge in [-0.05, 0) is 25.1 Å². The van der Waals surface area contributed by atoms with Gasteiger partial charge in [0.25, 0.3) is 0 Å². The van der Waals surface area contributed by atoms with Crippen LogP contribution >= 0.6 is 11.6 Å². The zero-order valence-electron chi connectivity index (χ0n) is 11.3. The van der Waals surface area contributed by atoms with Gasteiger partial charge >= 0.3 is 0 Å². The Morgan fingerprint density at radius 1 is 1.58 bits per heavy atom. The summed E-state index contributed by atoms with van der Waals surface area (Å²) in [7, 11) is 1.60. The largest absolute Gasteiger partial charge is 0.496 e. The topological polar surface area (TPSA) is 41.6 Å². The predicted molar refractivity (Wildman–Crippen MR) is 75.8 cm³/mol. The molecule has 19 heavy (non-hydrogen) atoms. The van der Waals surface area contributed by atoms with Crippen LogP contribution in [0.2, 0.25) is 5.02 Å². The molecule has 1 atom stereocenters. The summed E-state index contributed by atoms with van der Waals surface area (Å²) >= 11 is 5.98. The molecule has 1 unspecified atom stereocenters. The van der Waals surface area contributed by atoms with Crippen LogP contribution in [0.4, 0.5) is 0 Å². The second-order valence-corrected chi connectivity index (χ2v) is 5.21. The summed E-state index contributed by atoms with van der Waals surface area (Å²) in [6, 6.07) is 5.59. The lowest BCUT2D eigenvalue weighted by atomic mass is 10.1. The third kappa shape index (κ3) is 3.39. The van der Waals surface area contributed by atoms with Crippen LogP contribution in [-0.2, 0) is 11.2 Å². The van der Waals surface area contributed by atoms with Gasteiger partial charge in [0.15, 0.2) is 0 Å². The van der Waals surface area contributed by atoms with Crippen LogP contribution in [0.1, 0.15) is 12.5 Å². The van der Waals surface area contributed by atoms with E-state index in [1.54, 1.807) is 25.3 Å². The van der Waals surface area contributed by atoms with Gasteiger partial charge in [-0.15, -0.1) is 0 Å². The molecule has 4 nitrogen and oxygen atoms in total. The van der Waals surface area contributed by atoms with Crippen LogP contribution in [0.3, 0.4) is 0 Å². The van der Waals surface area contributed by atoms with Crippen molar-refractivity contribution in [2.45, 2.75) is 19.4 Å². The van der Waals surface area contributed by atoms with Crippen molar-refractivity contribution in [1.82, 2.24) is 10.2 Å². The normalized spacial score (nSPS) is 19.3. The molecular formula is C14H19ClN2O2. The molecule has 1 fully saturated rings. The van der Waals surface area contributed by atoms with E-state index in [1.807, 2.05) is 4.90 Å². The van der Waals surface area contributed by atoms with Crippen molar-refractivity contribution in [3.8, 4) is 5.75 Å². The van der Waals surface area contributed by atoms with Gasteiger partial charge in [-0.25, -0.2) is 0 Å². The van der Waals surface area contributed by atoms with E-state index in [2.05, 4.69) is 12.2 Å². The number of rotatable bonds is 3. The second-order valence-electron chi connectivity index (χ2n) is 4.77. The van der Waals surface area contributed by atoms with Crippen molar-refractivity contribution >= 4 is 17.5 Å². The number of piperazine rings is 1. The fourth-order valence-corrected chi connectivity index (χ4v) is 2.56. The Bertz CT molecular complexity index is 465. The summed E-state index contributed by atoms with van der Waals surface area (Å²) in [5, 5.41) is 3.90. The third-order valence-electron chi connectivity index (χ3n) is 3.41. The minimum Gasteiger partial charge on any atom is -0.496 e. The Kier molecular flexibility index (Phi) is 4.66. The zero-order valence-corrected chi connectivity index (χ0v) is 12.0. The minimum atomic E-state index is 0.120. The van der Waals surface area contributed by atoms with Crippen LogP contribution in [-0.4, -0.2) is 43.6 Å². The quantitative estimate of drug-likeness (QED) is 0.918. The van der Waals surface area contributed by atoms with Gasteiger partial charge in [0.05, 0.1) is 13.5 Å². The molecule has 1 saturated heterocycles. The Labute approximate surface area is 118 Å². The SMILES string of the molecule is COc1ccc(Cl)cc1CC(=O)N1CCNCC1C. The Hall–Kier alpha value is -1.26. The summed E-state index contributed by atoms with van der Waals surface area (Å²) < 4.78 is 5.27. The maximum Gasteiger partial charge on any atom is 0.227 e. The van der Waals surface area contributed by atoms with Gasteiger partial charge in [0, 0.05) is 36.3 Å². The van der Waals surface area contributed by atoms with Crippen molar-refractivity contribution in [1.29, 1.82) is 0 Å². The number of carbonyl (C=O) groups is 1. The summed E-state index contributed by atoms with van der Waals surface area (Å²) in [5.41, 5.74) is 0.839. The summed E-state index contributed by atoms with van der Waals surface area (Å²) in [6.45, 7) is 4.50. The van der Waals surface area contributed by atoms with Gasteiger partial charge in [-0.1, -0.05) is 11.6 Å². The Morgan fingerprint density at radius 2 is 2.37 bits per heavy atom. The first-order chi connectivity index (χ1) is 9.11. The Morgan fingerprint density at radius 3 is 3.05 bits per heavy atom. The molecule has 1 aliphatic rings. The highest BCUT2D eigenvalue weighted by molar-refractivity contribution is 6.30. The molecule has 1 aromatic carbocycles. The third-order valence-corrected chi connectivity index (χ3v) is 3.64. The van der Waals surface area contributed by atoms with E-state index in [4.69, 9.17) is 16.3 Å². The van der Waals surface area contributed by atoms with E-state index in [0.29, 0.717) is 17.2 Å². The van der Waals surface area contributed by atoms with Gasteiger partial charge in [0.2, 0.25) is 5.91 Å². The van der Waals surface area contributed by atoms with Crippen molar-refractivity contribution in [2.75, 3.05) is 26.7 Å². The van der Waals surface area contributed by atoms with E-state index in [-0.39, 0.29) is 11.9 Å². The predicted octanol–water partition coefficient (Wildman–Crippen LogP) is 1.71. The zero-order chi connectivity index (χ0) is 13.8. The number of hydrogen-bond donors (Lipinski definition) is 1. The van der Waals surface area contributed by atoms with Gasteiger partial charge < -0.3 is 15.0 Å². The van der Waals surface area contributed by atoms with Crippen LogP contribution in [0.15, 0.2) is 18.2 Å². The standard InChI is InChI=1S/C14H19ClN2O2/c1-10-9-16-5-6-17(10)14(18)8-11-7-12(15)3-4-13(11)19-2/h3-4,7,10,16H,5-6,8-9H2,1-2H3. The molecule has 0 saturated carbocycles. The van der Waals surface area contributed by atoms with Crippen molar-refractivity contribution < 1.29 is 9.53 Å². The molecule has 0 aromatic heterocycles. The number of amides is 1. The van der Waals surface area contributed by atoms with E-state index < -0.39 is 0 Å². The van der Waals surface area contributed by atoms with Crippen molar-refractivity contribution in [2.24, 2.45) is 0 Å². The Balaban J connectivity index is 2.11. The number of nitrogens with one attached hydrogen (secondary N) is 1. The molecule has 0 spiro atoms. The number of carbonyl (C=O) groups excluding carboxylic acids is 1. The highest BCUT2D eigenvalue weighted by Crippen LogP contribution is 2.23. The number of nitrogens with zero attached hydrogens (tertiary/aromatic N) is 1. The molecule has 1 heterocycles. The summed E-state index contributed by atoms with van der Waals surface area (Å²) in [6.07, 6.45) is 0.327. The second kappa shape index (κ2) is 6.26. The summed E-state index contributed by atoms with van der Waals surface area (Å²) in [4.78, 5) is 14.3. The number of methoxy groups -OCH3 is 1. The molecule has 1 aromatic rings. The first-order valence-electron chi connectivity index (χ1n) is 6.44. The van der Waals surface area contributed by atoms with Crippen molar-refractivity contribution in [3.05, 3.63) is 28.8 Å². The number of halogens is 1. The average Bonchev–Trinajstić information content (AvgIpc) is 2.39. The van der Waals surface area contributed by atoms with E-state index in [9.17, 15) is 4.79 Å². The molecule has 0 radical (unpaired) electrons. The first kappa shape index (κ1) is 14.2. The molecular weight excluding hydrogens is 264 g/mol.